The molecule has 0 fully saturated rings. The zero-order valence-corrected chi connectivity index (χ0v) is 16.5. The number of amides is 1. The third-order valence-corrected chi connectivity index (χ3v) is 4.99. The molecule has 0 radical (unpaired) electrons. The minimum Gasteiger partial charge on any atom is -0.480 e. The second kappa shape index (κ2) is 10.3. The van der Waals surface area contributed by atoms with Crippen molar-refractivity contribution in [1.82, 2.24) is 5.32 Å². The maximum atomic E-state index is 12.1. The Kier molecular flexibility index (Phi) is 7.86. The van der Waals surface area contributed by atoms with Gasteiger partial charge in [-0.05, 0) is 23.1 Å². The Balaban J connectivity index is 0.00000320. The van der Waals surface area contributed by atoms with Crippen LogP contribution in [-0.4, -0.2) is 28.5 Å². The lowest BCUT2D eigenvalue weighted by atomic mass is 9.76. The molecule has 0 saturated heterocycles. The van der Waals surface area contributed by atoms with Gasteiger partial charge >= 0.3 is 5.97 Å². The lowest BCUT2D eigenvalue weighted by molar-refractivity contribution is -0.140. The number of benzene rings is 3. The third-order valence-electron chi connectivity index (χ3n) is 4.99. The van der Waals surface area contributed by atoms with Crippen LogP contribution >= 0.6 is 0 Å². The highest BCUT2D eigenvalue weighted by Gasteiger charge is 2.39. The van der Waals surface area contributed by atoms with Crippen LogP contribution in [0.3, 0.4) is 0 Å². The van der Waals surface area contributed by atoms with E-state index in [1.54, 1.807) is 0 Å². The summed E-state index contributed by atoms with van der Waals surface area (Å²) in [7, 11) is 0. The molecule has 1 amide bonds. The van der Waals surface area contributed by atoms with E-state index in [0.717, 1.165) is 16.7 Å². The lowest BCUT2D eigenvalue weighted by Crippen LogP contribution is -2.52. The average Bonchev–Trinajstić information content (AvgIpc) is 2.75. The van der Waals surface area contributed by atoms with Crippen LogP contribution in [0.2, 0.25) is 0 Å². The molecule has 0 aliphatic carbocycles. The van der Waals surface area contributed by atoms with E-state index in [-0.39, 0.29) is 18.3 Å². The van der Waals surface area contributed by atoms with E-state index < -0.39 is 23.5 Å². The molecule has 3 aromatic rings. The van der Waals surface area contributed by atoms with Crippen molar-refractivity contribution in [3.8, 4) is 0 Å². The van der Waals surface area contributed by atoms with Crippen LogP contribution in [0.1, 0.15) is 29.5 Å². The Morgan fingerprint density at radius 3 is 1.47 bits per heavy atom. The first kappa shape index (κ1) is 22.8. The Morgan fingerprint density at radius 1 is 0.800 bits per heavy atom. The molecule has 0 aromatic heterocycles. The molecular weight excluding hydrogens is 380 g/mol. The Bertz CT molecular complexity index is 850. The summed E-state index contributed by atoms with van der Waals surface area (Å²) in [6, 6.07) is 28.2. The van der Waals surface area contributed by atoms with Gasteiger partial charge in [-0.2, -0.15) is 0 Å². The van der Waals surface area contributed by atoms with Gasteiger partial charge < -0.3 is 16.3 Å². The van der Waals surface area contributed by atoms with Gasteiger partial charge in [-0.1, -0.05) is 91.0 Å². The van der Waals surface area contributed by atoms with Crippen molar-refractivity contribution in [2.45, 2.75) is 24.4 Å². The van der Waals surface area contributed by atoms with Crippen molar-refractivity contribution in [1.29, 1.82) is 0 Å². The maximum Gasteiger partial charge on any atom is 0.320 e. The van der Waals surface area contributed by atoms with Crippen LogP contribution < -0.4 is 11.1 Å². The molecule has 0 saturated carbocycles. The predicted octanol–water partition coefficient (Wildman–Crippen LogP) is 2.46. The summed E-state index contributed by atoms with van der Waals surface area (Å²) in [5, 5.41) is 13.2. The lowest BCUT2D eigenvalue weighted by Gasteiger charge is -2.39. The molecule has 1 atom stereocenters. The number of nitrogens with one attached hydrogen (secondary N) is 1. The smallest absolute Gasteiger partial charge is 0.320 e. The normalized spacial score (nSPS) is 11.9. The molecule has 156 valence electrons. The number of nitrogens with two attached hydrogens (primary N) is 1. The fraction of sp³-hybridized carbons (Fsp3) is 0.167. The highest BCUT2D eigenvalue weighted by molar-refractivity contribution is 5.77. The van der Waals surface area contributed by atoms with Gasteiger partial charge in [0.2, 0.25) is 5.91 Å². The quantitative estimate of drug-likeness (QED) is 0.472. The fourth-order valence-electron chi connectivity index (χ4n) is 3.62. The first-order valence-corrected chi connectivity index (χ1v) is 9.49. The Hall–Kier alpha value is -3.48. The highest BCUT2D eigenvalue weighted by Crippen LogP contribution is 2.37. The van der Waals surface area contributed by atoms with Crippen LogP contribution in [0.4, 0.5) is 0 Å². The van der Waals surface area contributed by atoms with Crippen LogP contribution in [0.25, 0.3) is 0 Å². The van der Waals surface area contributed by atoms with Crippen molar-refractivity contribution in [3.63, 3.8) is 0 Å². The number of carbonyl (C=O) groups excluding carboxylic acids is 1. The van der Waals surface area contributed by atoms with Crippen LogP contribution in [0.15, 0.2) is 91.0 Å². The largest absolute Gasteiger partial charge is 0.480 e. The number of carboxylic acids is 1. The van der Waals surface area contributed by atoms with E-state index in [0.29, 0.717) is 0 Å². The summed E-state index contributed by atoms with van der Waals surface area (Å²) in [6.07, 6.45) is 0.0807. The van der Waals surface area contributed by atoms with Crippen molar-refractivity contribution < 1.29 is 20.2 Å². The molecule has 30 heavy (non-hydrogen) atoms. The molecule has 6 heteroatoms. The number of rotatable bonds is 9. The van der Waals surface area contributed by atoms with Gasteiger partial charge in [-0.15, -0.1) is 0 Å². The van der Waals surface area contributed by atoms with Crippen LogP contribution in [0.5, 0.6) is 0 Å². The Labute approximate surface area is 175 Å². The Morgan fingerprint density at radius 2 is 1.17 bits per heavy atom. The first-order chi connectivity index (χ1) is 14.0. The SMILES string of the molecule is NC(=O)CC[C@H](NC(c1ccccc1)(c1ccccc1)c1ccccc1)C(=O)O.O. The third kappa shape index (κ3) is 4.92. The van der Waals surface area contributed by atoms with Crippen molar-refractivity contribution in [2.24, 2.45) is 5.73 Å². The number of primary amides is 1. The predicted molar refractivity (Wildman–Crippen MR) is 116 cm³/mol. The summed E-state index contributed by atoms with van der Waals surface area (Å²) >= 11 is 0. The number of carbonyl (C=O) groups is 2. The van der Waals surface area contributed by atoms with Crippen molar-refractivity contribution in [3.05, 3.63) is 108 Å². The minimum absolute atomic E-state index is 0. The molecule has 0 aliphatic rings. The van der Waals surface area contributed by atoms with Gasteiger partial charge in [0.15, 0.2) is 0 Å². The molecule has 6 nitrogen and oxygen atoms in total. The van der Waals surface area contributed by atoms with Crippen LogP contribution in [-0.2, 0) is 15.1 Å². The molecule has 6 N–H and O–H groups in total. The number of carboxylic acid groups (broad SMARTS) is 1. The molecule has 0 spiro atoms. The topological polar surface area (TPSA) is 124 Å². The molecule has 0 unspecified atom stereocenters. The number of hydrogen-bond donors (Lipinski definition) is 3. The van der Waals surface area contributed by atoms with Crippen molar-refractivity contribution >= 4 is 11.9 Å². The molecule has 0 aliphatic heterocycles. The van der Waals surface area contributed by atoms with E-state index in [4.69, 9.17) is 5.73 Å². The second-order valence-corrected chi connectivity index (χ2v) is 6.89. The zero-order chi connectivity index (χ0) is 20.7. The summed E-state index contributed by atoms with van der Waals surface area (Å²) in [4.78, 5) is 23.4. The molecule has 3 aromatic carbocycles. The number of hydrogen-bond acceptors (Lipinski definition) is 3. The van der Waals surface area contributed by atoms with E-state index in [9.17, 15) is 14.7 Å². The van der Waals surface area contributed by atoms with Gasteiger partial charge in [-0.3, -0.25) is 14.9 Å². The minimum atomic E-state index is -1.03. The maximum absolute atomic E-state index is 12.1. The van der Waals surface area contributed by atoms with Gasteiger partial charge in [0.1, 0.15) is 6.04 Å². The van der Waals surface area contributed by atoms with Gasteiger partial charge in [0.25, 0.3) is 0 Å². The summed E-state index contributed by atoms with van der Waals surface area (Å²) in [5.74, 6) is -1.55. The van der Waals surface area contributed by atoms with Crippen LogP contribution in [0, 0.1) is 0 Å². The summed E-state index contributed by atoms with van der Waals surface area (Å²) in [5.41, 5.74) is 7.08. The summed E-state index contributed by atoms with van der Waals surface area (Å²) < 4.78 is 0. The van der Waals surface area contributed by atoms with E-state index in [1.807, 2.05) is 91.0 Å². The molecule has 0 bridgehead atoms. The first-order valence-electron chi connectivity index (χ1n) is 9.49. The second-order valence-electron chi connectivity index (χ2n) is 6.89. The van der Waals surface area contributed by atoms with Gasteiger partial charge in [0.05, 0.1) is 5.54 Å². The molecule has 3 rings (SSSR count). The van der Waals surface area contributed by atoms with Gasteiger partial charge in [-0.25, -0.2) is 0 Å². The van der Waals surface area contributed by atoms with E-state index in [2.05, 4.69) is 5.32 Å². The summed E-state index contributed by atoms with van der Waals surface area (Å²) in [6.45, 7) is 0. The average molecular weight is 406 g/mol. The standard InChI is InChI=1S/C24H24N2O3.H2O/c25-22(27)17-16-21(23(28)29)26-24(18-10-4-1-5-11-18,19-12-6-2-7-13-19)20-14-8-3-9-15-20;/h1-15,21,26H,16-17H2,(H2,25,27)(H,28,29);1H2/t21-;/m0./s1. The molecule has 0 heterocycles. The zero-order valence-electron chi connectivity index (χ0n) is 16.5. The monoisotopic (exact) mass is 406 g/mol. The fourth-order valence-corrected chi connectivity index (χ4v) is 3.62. The van der Waals surface area contributed by atoms with E-state index in [1.165, 1.54) is 0 Å². The van der Waals surface area contributed by atoms with Gasteiger partial charge in [0, 0.05) is 6.42 Å². The molecular formula is C24H26N2O4. The van der Waals surface area contributed by atoms with E-state index >= 15 is 0 Å². The highest BCUT2D eigenvalue weighted by atomic mass is 16.4. The number of aliphatic carboxylic acids is 1. The van der Waals surface area contributed by atoms with Crippen molar-refractivity contribution in [2.75, 3.05) is 0 Å².